The van der Waals surface area contributed by atoms with Gasteiger partial charge in [0.1, 0.15) is 17.5 Å². The van der Waals surface area contributed by atoms with E-state index in [2.05, 4.69) is 26.8 Å². The SMILES string of the molecule is CCNC(=NCCCc1nn(-c2ccccc2)c(N)c1C#N)NCCCOCCOC. The van der Waals surface area contributed by atoms with Crippen LogP contribution in [-0.2, 0) is 15.9 Å². The van der Waals surface area contributed by atoms with Crippen LogP contribution in [0.2, 0.25) is 0 Å². The third-order valence-corrected chi connectivity index (χ3v) is 4.48. The molecule has 1 aromatic carbocycles. The number of rotatable bonds is 13. The number of hydrogen-bond donors (Lipinski definition) is 3. The van der Waals surface area contributed by atoms with Gasteiger partial charge < -0.3 is 25.8 Å². The van der Waals surface area contributed by atoms with E-state index in [0.717, 1.165) is 37.6 Å². The van der Waals surface area contributed by atoms with Crippen molar-refractivity contribution in [3.05, 3.63) is 41.6 Å². The quantitative estimate of drug-likeness (QED) is 0.253. The average Bonchev–Trinajstić information content (AvgIpc) is 3.11. The van der Waals surface area contributed by atoms with Crippen LogP contribution in [0.3, 0.4) is 0 Å². The minimum atomic E-state index is 0.370. The van der Waals surface area contributed by atoms with E-state index in [1.165, 1.54) is 0 Å². The zero-order valence-electron chi connectivity index (χ0n) is 18.4. The largest absolute Gasteiger partial charge is 0.382 e. The summed E-state index contributed by atoms with van der Waals surface area (Å²) in [6.07, 6.45) is 2.27. The molecule has 1 heterocycles. The van der Waals surface area contributed by atoms with Gasteiger partial charge in [0.25, 0.3) is 0 Å². The van der Waals surface area contributed by atoms with E-state index in [0.29, 0.717) is 49.9 Å². The molecule has 0 unspecified atom stereocenters. The molecular weight excluding hydrogens is 394 g/mol. The number of hydrogen-bond acceptors (Lipinski definition) is 6. The highest BCUT2D eigenvalue weighted by Crippen LogP contribution is 2.21. The maximum atomic E-state index is 9.51. The van der Waals surface area contributed by atoms with Crippen LogP contribution in [0.5, 0.6) is 0 Å². The van der Waals surface area contributed by atoms with Gasteiger partial charge in [-0.3, -0.25) is 4.99 Å². The molecule has 9 heteroatoms. The van der Waals surface area contributed by atoms with Gasteiger partial charge in [0.05, 0.1) is 24.6 Å². The number of para-hydroxylation sites is 1. The van der Waals surface area contributed by atoms with Crippen molar-refractivity contribution in [2.45, 2.75) is 26.2 Å². The molecule has 0 atom stereocenters. The number of anilines is 1. The van der Waals surface area contributed by atoms with E-state index in [9.17, 15) is 5.26 Å². The maximum Gasteiger partial charge on any atom is 0.191 e. The van der Waals surface area contributed by atoms with Gasteiger partial charge in [-0.1, -0.05) is 18.2 Å². The van der Waals surface area contributed by atoms with Crippen LogP contribution < -0.4 is 16.4 Å². The molecule has 0 saturated heterocycles. The predicted octanol–water partition coefficient (Wildman–Crippen LogP) is 1.87. The Hall–Kier alpha value is -3.09. The Labute approximate surface area is 184 Å². The Morgan fingerprint density at radius 2 is 2.00 bits per heavy atom. The van der Waals surface area contributed by atoms with Crippen LogP contribution in [-0.4, -0.2) is 62.3 Å². The summed E-state index contributed by atoms with van der Waals surface area (Å²) >= 11 is 0. The molecule has 31 heavy (non-hydrogen) atoms. The number of nitriles is 1. The summed E-state index contributed by atoms with van der Waals surface area (Å²) in [5, 5.41) is 20.6. The second-order valence-electron chi connectivity index (χ2n) is 6.82. The number of nitrogens with two attached hydrogens (primary N) is 1. The van der Waals surface area contributed by atoms with Gasteiger partial charge in [-0.05, 0) is 38.3 Å². The molecule has 0 spiro atoms. The fourth-order valence-corrected chi connectivity index (χ4v) is 2.95. The summed E-state index contributed by atoms with van der Waals surface area (Å²) in [4.78, 5) is 4.60. The molecule has 9 nitrogen and oxygen atoms in total. The minimum absolute atomic E-state index is 0.370. The molecule has 0 aliphatic carbocycles. The highest BCUT2D eigenvalue weighted by Gasteiger charge is 2.16. The lowest BCUT2D eigenvalue weighted by atomic mass is 10.1. The van der Waals surface area contributed by atoms with Crippen LogP contribution in [0, 0.1) is 11.3 Å². The number of nitrogens with one attached hydrogen (secondary N) is 2. The first-order valence-electron chi connectivity index (χ1n) is 10.6. The van der Waals surface area contributed by atoms with Gasteiger partial charge in [-0.25, -0.2) is 4.68 Å². The summed E-state index contributed by atoms with van der Waals surface area (Å²) < 4.78 is 12.0. The number of ether oxygens (including phenoxy) is 2. The van der Waals surface area contributed by atoms with Crippen LogP contribution in [0.4, 0.5) is 5.82 Å². The molecule has 0 saturated carbocycles. The van der Waals surface area contributed by atoms with E-state index >= 15 is 0 Å². The summed E-state index contributed by atoms with van der Waals surface area (Å²) in [6, 6.07) is 11.8. The highest BCUT2D eigenvalue weighted by atomic mass is 16.5. The molecule has 0 amide bonds. The van der Waals surface area contributed by atoms with Crippen molar-refractivity contribution >= 4 is 11.8 Å². The molecule has 0 fully saturated rings. The Morgan fingerprint density at radius 1 is 1.19 bits per heavy atom. The number of nitrogens with zero attached hydrogens (tertiary/aromatic N) is 4. The molecular formula is C22H33N7O2. The molecule has 0 aliphatic rings. The standard InChI is InChI=1S/C22H33N7O2/c1-3-25-22(27-13-8-14-31-16-15-30-2)26-12-7-11-20-19(17-23)21(24)29(28-20)18-9-5-4-6-10-18/h4-6,9-10H,3,7-8,11-16,24H2,1-2H3,(H2,25,26,27). The van der Waals surface area contributed by atoms with Gasteiger partial charge >= 0.3 is 0 Å². The van der Waals surface area contributed by atoms with Crippen molar-refractivity contribution in [3.63, 3.8) is 0 Å². The maximum absolute atomic E-state index is 9.51. The molecule has 0 aliphatic heterocycles. The molecule has 0 radical (unpaired) electrons. The molecule has 4 N–H and O–H groups in total. The van der Waals surface area contributed by atoms with E-state index < -0.39 is 0 Å². The zero-order chi connectivity index (χ0) is 22.3. The van der Waals surface area contributed by atoms with Crippen molar-refractivity contribution in [3.8, 4) is 11.8 Å². The Bertz CT molecular complexity index is 844. The molecule has 2 aromatic rings. The van der Waals surface area contributed by atoms with Crippen LogP contribution in [0.1, 0.15) is 31.0 Å². The monoisotopic (exact) mass is 427 g/mol. The fraction of sp³-hybridized carbons (Fsp3) is 0.500. The lowest BCUT2D eigenvalue weighted by Crippen LogP contribution is -2.38. The summed E-state index contributed by atoms with van der Waals surface area (Å²) in [6.45, 7) is 6.10. The van der Waals surface area contributed by atoms with Crippen LogP contribution in [0.25, 0.3) is 5.69 Å². The van der Waals surface area contributed by atoms with Gasteiger partial charge in [0.2, 0.25) is 0 Å². The first kappa shape index (κ1) is 24.2. The third-order valence-electron chi connectivity index (χ3n) is 4.48. The Morgan fingerprint density at radius 3 is 2.71 bits per heavy atom. The topological polar surface area (TPSA) is 123 Å². The molecule has 2 rings (SSSR count). The molecule has 168 valence electrons. The number of aryl methyl sites for hydroxylation is 1. The van der Waals surface area contributed by atoms with Crippen molar-refractivity contribution in [2.24, 2.45) is 4.99 Å². The van der Waals surface area contributed by atoms with Crippen molar-refractivity contribution in [1.29, 1.82) is 5.26 Å². The Kier molecular flexibility index (Phi) is 10.9. The van der Waals surface area contributed by atoms with E-state index in [4.69, 9.17) is 15.2 Å². The van der Waals surface area contributed by atoms with Crippen LogP contribution >= 0.6 is 0 Å². The number of methoxy groups -OCH3 is 1. The highest BCUT2D eigenvalue weighted by molar-refractivity contribution is 5.79. The van der Waals surface area contributed by atoms with Crippen LogP contribution in [0.15, 0.2) is 35.3 Å². The molecule has 0 bridgehead atoms. The average molecular weight is 428 g/mol. The van der Waals surface area contributed by atoms with E-state index in [1.54, 1.807) is 11.8 Å². The van der Waals surface area contributed by atoms with E-state index in [-0.39, 0.29) is 0 Å². The number of guanidine groups is 1. The lowest BCUT2D eigenvalue weighted by Gasteiger charge is -2.11. The summed E-state index contributed by atoms with van der Waals surface area (Å²) in [5.41, 5.74) is 8.13. The van der Waals surface area contributed by atoms with Gasteiger partial charge in [-0.2, -0.15) is 10.4 Å². The first-order chi connectivity index (χ1) is 15.2. The second kappa shape index (κ2) is 14.0. The smallest absolute Gasteiger partial charge is 0.191 e. The van der Waals surface area contributed by atoms with Gasteiger partial charge in [0, 0.05) is 33.4 Å². The minimum Gasteiger partial charge on any atom is -0.382 e. The van der Waals surface area contributed by atoms with Crippen molar-refractivity contribution in [2.75, 3.05) is 52.3 Å². The van der Waals surface area contributed by atoms with Crippen molar-refractivity contribution < 1.29 is 9.47 Å². The Balaban J connectivity index is 1.85. The van der Waals surface area contributed by atoms with Gasteiger partial charge in [-0.15, -0.1) is 0 Å². The fourth-order valence-electron chi connectivity index (χ4n) is 2.95. The van der Waals surface area contributed by atoms with E-state index in [1.807, 2.05) is 37.3 Å². The number of aliphatic imine (C=N–C) groups is 1. The zero-order valence-corrected chi connectivity index (χ0v) is 18.4. The molecule has 1 aromatic heterocycles. The third kappa shape index (κ3) is 7.92. The summed E-state index contributed by atoms with van der Waals surface area (Å²) in [7, 11) is 1.66. The second-order valence-corrected chi connectivity index (χ2v) is 6.82. The number of benzene rings is 1. The number of nitrogen functional groups attached to an aromatic ring is 1. The lowest BCUT2D eigenvalue weighted by molar-refractivity contribution is 0.0698. The summed E-state index contributed by atoms with van der Waals surface area (Å²) in [5.74, 6) is 1.14. The van der Waals surface area contributed by atoms with Gasteiger partial charge in [0.15, 0.2) is 5.96 Å². The normalized spacial score (nSPS) is 11.3. The predicted molar refractivity (Wildman–Crippen MR) is 122 cm³/mol. The number of aromatic nitrogens is 2. The first-order valence-corrected chi connectivity index (χ1v) is 10.6. The van der Waals surface area contributed by atoms with Crippen molar-refractivity contribution in [1.82, 2.24) is 20.4 Å².